The summed E-state index contributed by atoms with van der Waals surface area (Å²) in [5.41, 5.74) is -0.961. The van der Waals surface area contributed by atoms with Gasteiger partial charge in [0.1, 0.15) is 12.1 Å². The third kappa shape index (κ3) is 5.02. The van der Waals surface area contributed by atoms with Crippen molar-refractivity contribution >= 4 is 23.8 Å². The monoisotopic (exact) mass is 403 g/mol. The lowest BCUT2D eigenvalue weighted by molar-refractivity contribution is -0.154. The van der Waals surface area contributed by atoms with Crippen LogP contribution in [0.25, 0.3) is 0 Å². The van der Waals surface area contributed by atoms with Crippen LogP contribution in [-0.2, 0) is 19.1 Å². The number of carbonyl (C=O) groups excluding carboxylic acids is 4. The molecule has 0 aromatic carbocycles. The number of nitriles is 2. The van der Waals surface area contributed by atoms with Crippen molar-refractivity contribution in [2.75, 3.05) is 26.2 Å². The van der Waals surface area contributed by atoms with Gasteiger partial charge in [-0.15, -0.1) is 0 Å². The molecule has 1 spiro atoms. The first-order valence-electron chi connectivity index (χ1n) is 9.67. The number of carbonyl (C=O) groups is 4. The van der Waals surface area contributed by atoms with E-state index in [0.29, 0.717) is 6.42 Å². The maximum Gasteiger partial charge on any atom is 0.326 e. The van der Waals surface area contributed by atoms with E-state index in [1.165, 1.54) is 4.90 Å². The van der Waals surface area contributed by atoms with Crippen LogP contribution in [0.4, 0.5) is 4.79 Å². The van der Waals surface area contributed by atoms with E-state index in [-0.39, 0.29) is 31.8 Å². The molecule has 1 aliphatic carbocycles. The summed E-state index contributed by atoms with van der Waals surface area (Å²) < 4.78 is 4.94. The topological polar surface area (TPSA) is 144 Å². The van der Waals surface area contributed by atoms with E-state index in [0.717, 1.165) is 24.2 Å². The molecule has 2 aliphatic rings. The van der Waals surface area contributed by atoms with Crippen LogP contribution in [0.1, 0.15) is 45.4 Å². The molecule has 2 fully saturated rings. The minimum Gasteiger partial charge on any atom is -0.454 e. The van der Waals surface area contributed by atoms with Crippen LogP contribution in [0.5, 0.6) is 0 Å². The number of amides is 4. The Hall–Kier alpha value is -3.14. The largest absolute Gasteiger partial charge is 0.454 e. The Balaban J connectivity index is 1.90. The van der Waals surface area contributed by atoms with E-state index in [1.807, 2.05) is 19.1 Å². The summed E-state index contributed by atoms with van der Waals surface area (Å²) in [6.45, 7) is 1.02. The van der Waals surface area contributed by atoms with Crippen LogP contribution in [0, 0.1) is 28.6 Å². The van der Waals surface area contributed by atoms with Crippen molar-refractivity contribution in [3.8, 4) is 12.1 Å². The van der Waals surface area contributed by atoms with Crippen LogP contribution in [-0.4, -0.2) is 65.4 Å². The Bertz CT molecular complexity index is 737. The molecule has 0 aromatic heterocycles. The lowest BCUT2D eigenvalue weighted by atomic mass is 9.73. The predicted octanol–water partition coefficient (Wildman–Crippen LogP) is 0.686. The summed E-state index contributed by atoms with van der Waals surface area (Å²) in [7, 11) is 0. The molecule has 29 heavy (non-hydrogen) atoms. The van der Waals surface area contributed by atoms with Gasteiger partial charge >= 0.3 is 12.0 Å². The smallest absolute Gasteiger partial charge is 0.326 e. The Kier molecular flexibility index (Phi) is 7.54. The van der Waals surface area contributed by atoms with Crippen LogP contribution in [0.2, 0.25) is 0 Å². The summed E-state index contributed by atoms with van der Waals surface area (Å²) in [6.07, 6.45) is 3.35. The highest BCUT2D eigenvalue weighted by Gasteiger charge is 2.55. The predicted molar refractivity (Wildman–Crippen MR) is 98.6 cm³/mol. The normalized spacial score (nSPS) is 23.3. The highest BCUT2D eigenvalue weighted by atomic mass is 16.5. The van der Waals surface area contributed by atoms with Crippen molar-refractivity contribution in [2.24, 2.45) is 5.92 Å². The van der Waals surface area contributed by atoms with Gasteiger partial charge < -0.3 is 15.0 Å². The molecule has 1 saturated carbocycles. The van der Waals surface area contributed by atoms with Gasteiger partial charge in [0.15, 0.2) is 6.61 Å². The number of nitrogens with zero attached hydrogens (tertiary/aromatic N) is 4. The number of hydrogen-bond donors (Lipinski definition) is 1. The van der Waals surface area contributed by atoms with Crippen molar-refractivity contribution in [3.05, 3.63) is 0 Å². The maximum absolute atomic E-state index is 12.8. The van der Waals surface area contributed by atoms with Crippen LogP contribution >= 0.6 is 0 Å². The zero-order valence-corrected chi connectivity index (χ0v) is 16.5. The van der Waals surface area contributed by atoms with Crippen molar-refractivity contribution < 1.29 is 23.9 Å². The molecule has 2 unspecified atom stereocenters. The van der Waals surface area contributed by atoms with Crippen molar-refractivity contribution in [1.82, 2.24) is 15.1 Å². The van der Waals surface area contributed by atoms with Gasteiger partial charge in [-0.25, -0.2) is 4.79 Å². The summed E-state index contributed by atoms with van der Waals surface area (Å²) >= 11 is 0. The molecule has 156 valence electrons. The third-order valence-corrected chi connectivity index (χ3v) is 5.49. The molecule has 0 bridgehead atoms. The average molecular weight is 403 g/mol. The molecule has 1 aliphatic heterocycles. The molecule has 1 N–H and O–H groups in total. The fraction of sp³-hybridized carbons (Fsp3) is 0.684. The first-order valence-corrected chi connectivity index (χ1v) is 9.67. The van der Waals surface area contributed by atoms with Crippen LogP contribution < -0.4 is 5.32 Å². The van der Waals surface area contributed by atoms with Gasteiger partial charge in [-0.2, -0.15) is 10.5 Å². The molecule has 4 amide bonds. The first-order chi connectivity index (χ1) is 13.9. The number of nitrogens with one attached hydrogen (secondary N) is 1. The van der Waals surface area contributed by atoms with Crippen LogP contribution in [0.3, 0.4) is 0 Å². The number of hydrogen-bond acceptors (Lipinski definition) is 7. The summed E-state index contributed by atoms with van der Waals surface area (Å²) in [6, 6.07) is 3.19. The average Bonchev–Trinajstić information content (AvgIpc) is 2.93. The zero-order chi connectivity index (χ0) is 21.4. The second kappa shape index (κ2) is 9.87. The van der Waals surface area contributed by atoms with E-state index < -0.39 is 42.5 Å². The molecular formula is C19H25N5O5. The fourth-order valence-electron chi connectivity index (χ4n) is 3.78. The quantitative estimate of drug-likeness (QED) is 0.464. The second-order valence-electron chi connectivity index (χ2n) is 7.30. The van der Waals surface area contributed by atoms with Gasteiger partial charge in [-0.1, -0.05) is 19.8 Å². The third-order valence-electron chi connectivity index (χ3n) is 5.49. The molecule has 1 heterocycles. The van der Waals surface area contributed by atoms with Gasteiger partial charge in [0.05, 0.1) is 25.0 Å². The Morgan fingerprint density at radius 1 is 1.24 bits per heavy atom. The Morgan fingerprint density at radius 2 is 1.90 bits per heavy atom. The molecule has 10 nitrogen and oxygen atoms in total. The number of rotatable bonds is 8. The highest BCUT2D eigenvalue weighted by molar-refractivity contribution is 6.09. The van der Waals surface area contributed by atoms with Gasteiger partial charge in [0.2, 0.25) is 0 Å². The van der Waals surface area contributed by atoms with Crippen molar-refractivity contribution in [1.29, 1.82) is 10.5 Å². The number of imide groups is 1. The SMILES string of the molecule is CC1CCCCC12NC(=O)N(CC(=O)OCC(=O)N(CCC#N)CCC#N)C2=O. The molecule has 2 rings (SSSR count). The summed E-state index contributed by atoms with van der Waals surface area (Å²) in [5.74, 6) is -1.87. The van der Waals surface area contributed by atoms with Crippen molar-refractivity contribution in [2.45, 2.75) is 51.0 Å². The van der Waals surface area contributed by atoms with Crippen molar-refractivity contribution in [3.63, 3.8) is 0 Å². The molecule has 10 heteroatoms. The Labute approximate surface area is 169 Å². The standard InChI is InChI=1S/C19H25N5O5/c1-14-6-2-3-7-19(14)17(27)24(18(28)22-19)12-16(26)29-13-15(25)23(10-4-8-20)11-5-9-21/h14H,2-7,10-13H2,1H3,(H,22,28). The fourth-order valence-corrected chi connectivity index (χ4v) is 3.78. The molecule has 0 radical (unpaired) electrons. The highest BCUT2D eigenvalue weighted by Crippen LogP contribution is 2.38. The lowest BCUT2D eigenvalue weighted by Crippen LogP contribution is -2.54. The zero-order valence-electron chi connectivity index (χ0n) is 16.5. The van der Waals surface area contributed by atoms with Crippen LogP contribution in [0.15, 0.2) is 0 Å². The van der Waals surface area contributed by atoms with E-state index in [1.54, 1.807) is 0 Å². The maximum atomic E-state index is 12.8. The van der Waals surface area contributed by atoms with Gasteiger partial charge in [0, 0.05) is 13.1 Å². The lowest BCUT2D eigenvalue weighted by Gasteiger charge is -2.36. The van der Waals surface area contributed by atoms with E-state index in [2.05, 4.69) is 5.32 Å². The molecule has 0 aromatic rings. The van der Waals surface area contributed by atoms with E-state index in [4.69, 9.17) is 15.3 Å². The number of urea groups is 1. The summed E-state index contributed by atoms with van der Waals surface area (Å²) in [4.78, 5) is 51.5. The first kappa shape index (κ1) is 22.2. The molecular weight excluding hydrogens is 378 g/mol. The second-order valence-corrected chi connectivity index (χ2v) is 7.30. The number of ether oxygens (including phenoxy) is 1. The molecule has 2 atom stereocenters. The van der Waals surface area contributed by atoms with Gasteiger partial charge in [-0.3, -0.25) is 19.3 Å². The molecule has 1 saturated heterocycles. The van der Waals surface area contributed by atoms with E-state index >= 15 is 0 Å². The Morgan fingerprint density at radius 3 is 2.48 bits per heavy atom. The van der Waals surface area contributed by atoms with Gasteiger partial charge in [0.25, 0.3) is 11.8 Å². The summed E-state index contributed by atoms with van der Waals surface area (Å²) in [5, 5.41) is 20.1. The minimum absolute atomic E-state index is 0.0240. The van der Waals surface area contributed by atoms with E-state index in [9.17, 15) is 19.2 Å². The van der Waals surface area contributed by atoms with Gasteiger partial charge in [-0.05, 0) is 18.8 Å². The number of esters is 1. The minimum atomic E-state index is -0.961.